The highest BCUT2D eigenvalue weighted by Gasteiger charge is 2.17. The summed E-state index contributed by atoms with van der Waals surface area (Å²) in [6, 6.07) is 29.0. The van der Waals surface area contributed by atoms with Crippen molar-refractivity contribution >= 4 is 27.8 Å². The number of carbonyl (C=O) groups is 1. The highest BCUT2D eigenvalue weighted by molar-refractivity contribution is 6.07. The number of hydrogen-bond acceptors (Lipinski definition) is 6. The Labute approximate surface area is 221 Å². The molecule has 7 heteroatoms. The standard InChI is InChI=1S/C31H30N2O5/c1-36-31(35)26-17-22(11-14-30(26)38-20-21-7-3-2-4-8-21)29(34)19-32-15-16-37-23-12-13-25-24-9-5-6-10-27(24)33-28(25)18-23/h2-14,17-18,29,32-34H,15-16,19-20H2,1H3. The van der Waals surface area contributed by atoms with Gasteiger partial charge in [-0.1, -0.05) is 54.6 Å². The molecule has 1 unspecified atom stereocenters. The van der Waals surface area contributed by atoms with Gasteiger partial charge in [0.2, 0.25) is 0 Å². The van der Waals surface area contributed by atoms with Gasteiger partial charge < -0.3 is 29.6 Å². The number of nitrogens with one attached hydrogen (secondary N) is 2. The summed E-state index contributed by atoms with van der Waals surface area (Å²) in [7, 11) is 1.32. The third-order valence-corrected chi connectivity index (χ3v) is 6.39. The molecule has 0 saturated heterocycles. The Morgan fingerprint density at radius 3 is 2.53 bits per heavy atom. The molecule has 3 N–H and O–H groups in total. The van der Waals surface area contributed by atoms with Crippen LogP contribution in [-0.4, -0.2) is 42.9 Å². The Balaban J connectivity index is 1.14. The summed E-state index contributed by atoms with van der Waals surface area (Å²) in [6.45, 7) is 1.61. The van der Waals surface area contributed by atoms with Gasteiger partial charge in [-0.15, -0.1) is 0 Å². The largest absolute Gasteiger partial charge is 0.492 e. The van der Waals surface area contributed by atoms with Crippen molar-refractivity contribution in [3.8, 4) is 11.5 Å². The summed E-state index contributed by atoms with van der Waals surface area (Å²) < 4.78 is 16.7. The summed E-state index contributed by atoms with van der Waals surface area (Å²) in [6.07, 6.45) is -0.815. The van der Waals surface area contributed by atoms with Crippen LogP contribution in [-0.2, 0) is 11.3 Å². The number of H-pyrrole nitrogens is 1. The molecule has 4 aromatic carbocycles. The van der Waals surface area contributed by atoms with E-state index in [-0.39, 0.29) is 5.56 Å². The number of carbonyl (C=O) groups excluding carboxylic acids is 1. The Kier molecular flexibility index (Phi) is 7.87. The van der Waals surface area contributed by atoms with Gasteiger partial charge in [0.15, 0.2) is 0 Å². The number of fused-ring (bicyclic) bond motifs is 3. The van der Waals surface area contributed by atoms with E-state index in [1.807, 2.05) is 54.6 Å². The van der Waals surface area contributed by atoms with Crippen LogP contribution in [0.2, 0.25) is 0 Å². The number of rotatable bonds is 11. The number of hydrogen-bond donors (Lipinski definition) is 3. The van der Waals surface area contributed by atoms with Gasteiger partial charge >= 0.3 is 5.97 Å². The second-order valence-electron chi connectivity index (χ2n) is 8.97. The Bertz CT molecular complexity index is 1530. The minimum absolute atomic E-state index is 0.274. The molecule has 0 aliphatic carbocycles. The van der Waals surface area contributed by atoms with E-state index in [9.17, 15) is 9.90 Å². The lowest BCUT2D eigenvalue weighted by Crippen LogP contribution is -2.26. The van der Waals surface area contributed by atoms with Crippen LogP contribution in [0, 0.1) is 0 Å². The number of aliphatic hydroxyl groups is 1. The molecule has 0 amide bonds. The van der Waals surface area contributed by atoms with E-state index in [0.29, 0.717) is 37.6 Å². The van der Waals surface area contributed by atoms with Crippen molar-refractivity contribution in [2.24, 2.45) is 0 Å². The molecule has 38 heavy (non-hydrogen) atoms. The van der Waals surface area contributed by atoms with Crippen LogP contribution in [0.3, 0.4) is 0 Å². The number of para-hydroxylation sites is 1. The Hall–Kier alpha value is -4.33. The first-order valence-corrected chi connectivity index (χ1v) is 12.5. The van der Waals surface area contributed by atoms with Crippen LogP contribution in [0.1, 0.15) is 27.6 Å². The number of aliphatic hydroxyl groups excluding tert-OH is 1. The molecule has 0 bridgehead atoms. The van der Waals surface area contributed by atoms with Crippen molar-refractivity contribution in [2.75, 3.05) is 26.8 Å². The van der Waals surface area contributed by atoms with Crippen LogP contribution < -0.4 is 14.8 Å². The first-order valence-electron chi connectivity index (χ1n) is 12.5. The quantitative estimate of drug-likeness (QED) is 0.163. The molecular weight excluding hydrogens is 480 g/mol. The van der Waals surface area contributed by atoms with Crippen LogP contribution in [0.15, 0.2) is 91.0 Å². The van der Waals surface area contributed by atoms with Gasteiger partial charge in [-0.05, 0) is 41.5 Å². The lowest BCUT2D eigenvalue weighted by molar-refractivity contribution is 0.0595. The molecular formula is C31H30N2O5. The highest BCUT2D eigenvalue weighted by Crippen LogP contribution is 2.28. The monoisotopic (exact) mass is 510 g/mol. The summed E-state index contributed by atoms with van der Waals surface area (Å²) in [4.78, 5) is 15.8. The van der Waals surface area contributed by atoms with E-state index >= 15 is 0 Å². The summed E-state index contributed by atoms with van der Waals surface area (Å²) >= 11 is 0. The Morgan fingerprint density at radius 2 is 1.68 bits per heavy atom. The van der Waals surface area contributed by atoms with Gasteiger partial charge in [-0.3, -0.25) is 0 Å². The molecule has 0 aliphatic rings. The number of methoxy groups -OCH3 is 1. The van der Waals surface area contributed by atoms with Crippen molar-refractivity contribution in [3.05, 3.63) is 108 Å². The number of aromatic nitrogens is 1. The van der Waals surface area contributed by atoms with Crippen molar-refractivity contribution in [3.63, 3.8) is 0 Å². The van der Waals surface area contributed by atoms with Gasteiger partial charge in [-0.2, -0.15) is 0 Å². The SMILES string of the molecule is COC(=O)c1cc(C(O)CNCCOc2ccc3c(c2)[nH]c2ccccc23)ccc1OCc1ccccc1. The summed E-state index contributed by atoms with van der Waals surface area (Å²) in [5.74, 6) is 0.667. The number of benzene rings is 4. The lowest BCUT2D eigenvalue weighted by atomic mass is 10.0. The van der Waals surface area contributed by atoms with Crippen LogP contribution >= 0.6 is 0 Å². The minimum atomic E-state index is -0.815. The van der Waals surface area contributed by atoms with Gasteiger partial charge in [0.05, 0.1) is 18.7 Å². The molecule has 7 nitrogen and oxygen atoms in total. The molecule has 1 heterocycles. The average Bonchev–Trinajstić information content (AvgIpc) is 3.33. The van der Waals surface area contributed by atoms with Gasteiger partial charge in [0.1, 0.15) is 30.3 Å². The predicted octanol–water partition coefficient (Wildman–Crippen LogP) is 5.39. The molecule has 1 atom stereocenters. The van der Waals surface area contributed by atoms with Crippen LogP contribution in [0.5, 0.6) is 11.5 Å². The maximum Gasteiger partial charge on any atom is 0.341 e. The first kappa shape index (κ1) is 25.3. The Morgan fingerprint density at radius 1 is 0.895 bits per heavy atom. The zero-order chi connectivity index (χ0) is 26.3. The molecule has 5 aromatic rings. The van der Waals surface area contributed by atoms with E-state index < -0.39 is 12.1 Å². The van der Waals surface area contributed by atoms with Crippen molar-refractivity contribution in [1.29, 1.82) is 0 Å². The smallest absolute Gasteiger partial charge is 0.341 e. The fraction of sp³-hybridized carbons (Fsp3) is 0.194. The fourth-order valence-electron chi connectivity index (χ4n) is 4.41. The summed E-state index contributed by atoms with van der Waals surface area (Å²) in [5, 5.41) is 16.3. The molecule has 0 spiro atoms. The van der Waals surface area contributed by atoms with E-state index in [1.165, 1.54) is 12.5 Å². The highest BCUT2D eigenvalue weighted by atomic mass is 16.5. The minimum Gasteiger partial charge on any atom is -0.492 e. The number of aromatic amines is 1. The van der Waals surface area contributed by atoms with Crippen LogP contribution in [0.25, 0.3) is 21.8 Å². The van der Waals surface area contributed by atoms with Gasteiger partial charge in [-0.25, -0.2) is 4.79 Å². The lowest BCUT2D eigenvalue weighted by Gasteiger charge is -2.16. The van der Waals surface area contributed by atoms with Crippen LogP contribution in [0.4, 0.5) is 0 Å². The van der Waals surface area contributed by atoms with Crippen molar-refractivity contribution in [2.45, 2.75) is 12.7 Å². The average molecular weight is 511 g/mol. The molecule has 194 valence electrons. The molecule has 0 saturated carbocycles. The molecule has 0 fully saturated rings. The fourth-order valence-corrected chi connectivity index (χ4v) is 4.41. The topological polar surface area (TPSA) is 92.8 Å². The van der Waals surface area contributed by atoms with Gasteiger partial charge in [0.25, 0.3) is 0 Å². The van der Waals surface area contributed by atoms with Gasteiger partial charge in [0, 0.05) is 35.4 Å². The summed E-state index contributed by atoms with van der Waals surface area (Å²) in [5.41, 5.74) is 3.98. The van der Waals surface area contributed by atoms with Crippen molar-refractivity contribution in [1.82, 2.24) is 10.3 Å². The van der Waals surface area contributed by atoms with E-state index in [4.69, 9.17) is 14.2 Å². The number of ether oxygens (including phenoxy) is 3. The van der Waals surface area contributed by atoms with E-state index in [0.717, 1.165) is 27.7 Å². The second kappa shape index (κ2) is 11.8. The first-order chi connectivity index (χ1) is 18.6. The maximum absolute atomic E-state index is 12.4. The van der Waals surface area contributed by atoms with Crippen molar-refractivity contribution < 1.29 is 24.1 Å². The third-order valence-electron chi connectivity index (χ3n) is 6.39. The van der Waals surface area contributed by atoms with E-state index in [1.54, 1.807) is 18.2 Å². The molecule has 0 aliphatic heterocycles. The van der Waals surface area contributed by atoms with E-state index in [2.05, 4.69) is 28.5 Å². The molecule has 1 aromatic heterocycles. The number of esters is 1. The maximum atomic E-state index is 12.4. The zero-order valence-corrected chi connectivity index (χ0v) is 21.1. The normalized spacial score (nSPS) is 11.9. The molecule has 0 radical (unpaired) electrons. The molecule has 5 rings (SSSR count). The second-order valence-corrected chi connectivity index (χ2v) is 8.97. The third kappa shape index (κ3) is 5.80. The predicted molar refractivity (Wildman–Crippen MR) is 148 cm³/mol. The zero-order valence-electron chi connectivity index (χ0n) is 21.1.